The van der Waals surface area contributed by atoms with Crippen LogP contribution in [0.25, 0.3) is 0 Å². The molecule has 0 atom stereocenters. The van der Waals surface area contributed by atoms with Gasteiger partial charge in [0.25, 0.3) is 11.6 Å². The highest BCUT2D eigenvalue weighted by molar-refractivity contribution is 5.94. The van der Waals surface area contributed by atoms with Gasteiger partial charge in [-0.2, -0.15) is 0 Å². The molecule has 0 spiro atoms. The average molecular weight is 274 g/mol. The van der Waals surface area contributed by atoms with Gasteiger partial charge in [0.2, 0.25) is 0 Å². The molecule has 1 amide bonds. The zero-order valence-electron chi connectivity index (χ0n) is 10.4. The molecule has 0 unspecified atom stereocenters. The van der Waals surface area contributed by atoms with Crippen molar-refractivity contribution < 1.29 is 14.1 Å². The second-order valence-corrected chi connectivity index (χ2v) is 4.11. The number of hydrogen-bond acceptors (Lipinski definition) is 3. The third-order valence-corrected chi connectivity index (χ3v) is 2.71. The van der Waals surface area contributed by atoms with Crippen LogP contribution in [0, 0.1) is 15.9 Å². The Kier molecular flexibility index (Phi) is 4.05. The van der Waals surface area contributed by atoms with E-state index in [1.165, 1.54) is 36.4 Å². The van der Waals surface area contributed by atoms with Gasteiger partial charge in [0, 0.05) is 24.2 Å². The monoisotopic (exact) mass is 274 g/mol. The Morgan fingerprint density at radius 3 is 2.25 bits per heavy atom. The molecule has 0 fully saturated rings. The lowest BCUT2D eigenvalue weighted by molar-refractivity contribution is -0.384. The van der Waals surface area contributed by atoms with Crippen molar-refractivity contribution in [3.8, 4) is 0 Å². The van der Waals surface area contributed by atoms with Crippen molar-refractivity contribution in [3.63, 3.8) is 0 Å². The molecule has 20 heavy (non-hydrogen) atoms. The first kappa shape index (κ1) is 13.7. The minimum Gasteiger partial charge on any atom is -0.348 e. The van der Waals surface area contributed by atoms with Crippen molar-refractivity contribution in [2.24, 2.45) is 0 Å². The van der Waals surface area contributed by atoms with Gasteiger partial charge in [-0.25, -0.2) is 4.39 Å². The van der Waals surface area contributed by atoms with Crippen molar-refractivity contribution in [1.29, 1.82) is 0 Å². The average Bonchev–Trinajstić information content (AvgIpc) is 2.46. The third-order valence-electron chi connectivity index (χ3n) is 2.71. The van der Waals surface area contributed by atoms with Crippen molar-refractivity contribution in [1.82, 2.24) is 5.32 Å². The molecule has 2 aromatic rings. The molecule has 0 saturated carbocycles. The number of hydrogen-bond donors (Lipinski definition) is 1. The first-order valence-corrected chi connectivity index (χ1v) is 5.83. The number of benzene rings is 2. The van der Waals surface area contributed by atoms with Crippen LogP contribution in [0.5, 0.6) is 0 Å². The first-order valence-electron chi connectivity index (χ1n) is 5.83. The van der Waals surface area contributed by atoms with Crippen LogP contribution in [0.3, 0.4) is 0 Å². The van der Waals surface area contributed by atoms with Gasteiger partial charge >= 0.3 is 0 Å². The summed E-state index contributed by atoms with van der Waals surface area (Å²) in [5.74, 6) is -0.736. The lowest BCUT2D eigenvalue weighted by Crippen LogP contribution is -2.22. The summed E-state index contributed by atoms with van der Waals surface area (Å²) >= 11 is 0. The summed E-state index contributed by atoms with van der Waals surface area (Å²) in [6.07, 6.45) is 0. The van der Waals surface area contributed by atoms with Crippen molar-refractivity contribution in [2.45, 2.75) is 6.54 Å². The van der Waals surface area contributed by atoms with Crippen molar-refractivity contribution in [2.75, 3.05) is 0 Å². The minimum atomic E-state index is -0.485. The molecule has 0 aliphatic heterocycles. The molecule has 0 aliphatic carbocycles. The fourth-order valence-electron chi connectivity index (χ4n) is 1.62. The highest BCUT2D eigenvalue weighted by Gasteiger charge is 2.07. The molecule has 1 N–H and O–H groups in total. The largest absolute Gasteiger partial charge is 0.348 e. The topological polar surface area (TPSA) is 72.2 Å². The molecule has 102 valence electrons. The summed E-state index contributed by atoms with van der Waals surface area (Å²) in [4.78, 5) is 21.8. The molecule has 0 heterocycles. The summed E-state index contributed by atoms with van der Waals surface area (Å²) < 4.78 is 12.7. The summed E-state index contributed by atoms with van der Waals surface area (Å²) in [5.41, 5.74) is 1.10. The predicted octanol–water partition coefficient (Wildman–Crippen LogP) is 2.66. The fraction of sp³-hybridized carbons (Fsp3) is 0.0714. The van der Waals surface area contributed by atoms with Crippen LogP contribution in [0.4, 0.5) is 10.1 Å². The second kappa shape index (κ2) is 5.92. The molecule has 0 bridgehead atoms. The lowest BCUT2D eigenvalue weighted by Gasteiger charge is -2.05. The van der Waals surface area contributed by atoms with E-state index in [0.29, 0.717) is 5.56 Å². The number of nitrogens with zero attached hydrogens (tertiary/aromatic N) is 1. The molecule has 2 rings (SSSR count). The zero-order valence-corrected chi connectivity index (χ0v) is 10.4. The van der Waals surface area contributed by atoms with E-state index in [1.807, 2.05) is 0 Å². The summed E-state index contributed by atoms with van der Waals surface area (Å²) in [6, 6.07) is 11.1. The molecule has 0 aliphatic rings. The Hall–Kier alpha value is -2.76. The van der Waals surface area contributed by atoms with Gasteiger partial charge in [0.1, 0.15) is 5.82 Å². The van der Waals surface area contributed by atoms with Crippen molar-refractivity contribution >= 4 is 11.6 Å². The molecule has 2 aromatic carbocycles. The molecule has 0 radical (unpaired) electrons. The maximum atomic E-state index is 12.7. The molecule has 5 nitrogen and oxygen atoms in total. The van der Waals surface area contributed by atoms with Gasteiger partial charge in [0.05, 0.1) is 4.92 Å². The normalized spacial score (nSPS) is 10.1. The van der Waals surface area contributed by atoms with Crippen LogP contribution < -0.4 is 5.32 Å². The molecular formula is C14H11FN2O3. The second-order valence-electron chi connectivity index (χ2n) is 4.11. The Morgan fingerprint density at radius 1 is 1.10 bits per heavy atom. The van der Waals surface area contributed by atoms with E-state index in [4.69, 9.17) is 0 Å². The Balaban J connectivity index is 1.96. The third kappa shape index (κ3) is 3.38. The van der Waals surface area contributed by atoms with Crippen LogP contribution >= 0.6 is 0 Å². The van der Waals surface area contributed by atoms with Crippen LogP contribution in [-0.2, 0) is 6.54 Å². The van der Waals surface area contributed by atoms with Gasteiger partial charge in [-0.3, -0.25) is 14.9 Å². The lowest BCUT2D eigenvalue weighted by atomic mass is 10.2. The molecular weight excluding hydrogens is 263 g/mol. The van der Waals surface area contributed by atoms with E-state index < -0.39 is 10.7 Å². The van der Waals surface area contributed by atoms with Crippen LogP contribution in [0.15, 0.2) is 48.5 Å². The number of carbonyl (C=O) groups excluding carboxylic acids is 1. The fourth-order valence-corrected chi connectivity index (χ4v) is 1.62. The summed E-state index contributed by atoms with van der Waals surface area (Å²) in [5, 5.41) is 13.1. The van der Waals surface area contributed by atoms with Crippen LogP contribution in [0.1, 0.15) is 15.9 Å². The number of carbonyl (C=O) groups is 1. The molecule has 0 aromatic heterocycles. The SMILES string of the molecule is O=C(NCc1ccc([N+](=O)[O-])cc1)c1ccc(F)cc1. The van der Waals surface area contributed by atoms with Gasteiger partial charge < -0.3 is 5.32 Å². The van der Waals surface area contributed by atoms with Gasteiger partial charge in [-0.05, 0) is 29.8 Å². The number of halogens is 1. The first-order chi connectivity index (χ1) is 9.56. The molecule has 6 heteroatoms. The van der Waals surface area contributed by atoms with Crippen molar-refractivity contribution in [3.05, 3.63) is 75.6 Å². The smallest absolute Gasteiger partial charge is 0.269 e. The number of nitro benzene ring substituents is 1. The van der Waals surface area contributed by atoms with E-state index in [1.54, 1.807) is 12.1 Å². The number of amides is 1. The van der Waals surface area contributed by atoms with Gasteiger partial charge in [0.15, 0.2) is 0 Å². The van der Waals surface area contributed by atoms with E-state index in [0.717, 1.165) is 5.56 Å². The highest BCUT2D eigenvalue weighted by atomic mass is 19.1. The van der Waals surface area contributed by atoms with E-state index in [-0.39, 0.29) is 18.1 Å². The van der Waals surface area contributed by atoms with Gasteiger partial charge in [-0.15, -0.1) is 0 Å². The molecule has 0 saturated heterocycles. The number of nitrogens with one attached hydrogen (secondary N) is 1. The number of rotatable bonds is 4. The number of nitro groups is 1. The van der Waals surface area contributed by atoms with Crippen LogP contribution in [0.2, 0.25) is 0 Å². The standard InChI is InChI=1S/C14H11FN2O3/c15-12-5-3-11(4-6-12)14(18)16-9-10-1-7-13(8-2-10)17(19)20/h1-8H,9H2,(H,16,18). The zero-order chi connectivity index (χ0) is 14.5. The Bertz CT molecular complexity index is 624. The highest BCUT2D eigenvalue weighted by Crippen LogP contribution is 2.12. The van der Waals surface area contributed by atoms with E-state index in [9.17, 15) is 19.3 Å². The quantitative estimate of drug-likeness (QED) is 0.688. The van der Waals surface area contributed by atoms with Gasteiger partial charge in [-0.1, -0.05) is 12.1 Å². The van der Waals surface area contributed by atoms with E-state index >= 15 is 0 Å². The van der Waals surface area contributed by atoms with Crippen LogP contribution in [-0.4, -0.2) is 10.8 Å². The summed E-state index contributed by atoms with van der Waals surface area (Å²) in [6.45, 7) is 0.244. The Morgan fingerprint density at radius 2 is 1.70 bits per heavy atom. The number of non-ortho nitro benzene ring substituents is 1. The van der Waals surface area contributed by atoms with E-state index in [2.05, 4.69) is 5.32 Å². The predicted molar refractivity (Wildman–Crippen MR) is 70.7 cm³/mol. The maximum Gasteiger partial charge on any atom is 0.269 e. The summed E-state index contributed by atoms with van der Waals surface area (Å²) in [7, 11) is 0. The minimum absolute atomic E-state index is 0.00129. The Labute approximate surface area is 114 Å². The maximum absolute atomic E-state index is 12.7.